The number of aliphatic imine (C=N–C) groups is 1. The third-order valence-electron chi connectivity index (χ3n) is 2.78. The van der Waals surface area contributed by atoms with E-state index < -0.39 is 0 Å². The van der Waals surface area contributed by atoms with E-state index in [-0.39, 0.29) is 5.54 Å². The smallest absolute Gasteiger partial charge is 0.161 e. The SMILES string of the molecule is Cc1ccc(NC2=NC(C)(C)CCS2)cc1Br. The summed E-state index contributed by atoms with van der Waals surface area (Å²) in [5.74, 6) is 1.13. The lowest BCUT2D eigenvalue weighted by atomic mass is 10.0. The lowest BCUT2D eigenvalue weighted by Gasteiger charge is -2.26. The summed E-state index contributed by atoms with van der Waals surface area (Å²) in [7, 11) is 0. The third kappa shape index (κ3) is 3.49. The van der Waals surface area contributed by atoms with Gasteiger partial charge in [-0.05, 0) is 44.9 Å². The van der Waals surface area contributed by atoms with Crippen LogP contribution in [0.2, 0.25) is 0 Å². The number of nitrogens with one attached hydrogen (secondary N) is 1. The highest BCUT2D eigenvalue weighted by Gasteiger charge is 2.22. The topological polar surface area (TPSA) is 24.4 Å². The van der Waals surface area contributed by atoms with Crippen LogP contribution in [0.4, 0.5) is 5.69 Å². The summed E-state index contributed by atoms with van der Waals surface area (Å²) in [5, 5.41) is 4.41. The Hall–Kier alpha value is -0.480. The van der Waals surface area contributed by atoms with Crippen LogP contribution in [0.3, 0.4) is 0 Å². The van der Waals surface area contributed by atoms with Gasteiger partial charge in [-0.15, -0.1) is 0 Å². The van der Waals surface area contributed by atoms with Crippen LogP contribution in [-0.4, -0.2) is 16.5 Å². The first kappa shape index (κ1) is 13.0. The Balaban J connectivity index is 2.15. The Morgan fingerprint density at radius 3 is 2.82 bits per heavy atom. The molecule has 0 radical (unpaired) electrons. The van der Waals surface area contributed by atoms with Gasteiger partial charge in [-0.2, -0.15) is 0 Å². The lowest BCUT2D eigenvalue weighted by Crippen LogP contribution is -2.27. The van der Waals surface area contributed by atoms with Crippen LogP contribution in [0.25, 0.3) is 0 Å². The van der Waals surface area contributed by atoms with Crippen molar-refractivity contribution in [3.05, 3.63) is 28.2 Å². The van der Waals surface area contributed by atoms with Gasteiger partial charge in [0.15, 0.2) is 5.17 Å². The van der Waals surface area contributed by atoms with Crippen molar-refractivity contribution in [3.8, 4) is 0 Å². The molecule has 0 aliphatic carbocycles. The summed E-state index contributed by atoms with van der Waals surface area (Å²) >= 11 is 5.34. The molecule has 1 heterocycles. The molecule has 92 valence electrons. The van der Waals surface area contributed by atoms with Crippen LogP contribution in [-0.2, 0) is 0 Å². The third-order valence-corrected chi connectivity index (χ3v) is 4.51. The van der Waals surface area contributed by atoms with Crippen molar-refractivity contribution in [2.75, 3.05) is 11.1 Å². The van der Waals surface area contributed by atoms with Gasteiger partial charge in [-0.25, -0.2) is 0 Å². The van der Waals surface area contributed by atoms with Gasteiger partial charge in [0.1, 0.15) is 0 Å². The molecule has 1 aliphatic rings. The predicted octanol–water partition coefficient (Wildman–Crippen LogP) is 4.44. The Bertz CT molecular complexity index is 455. The molecule has 2 rings (SSSR count). The number of amidine groups is 1. The molecule has 0 saturated carbocycles. The molecule has 1 aliphatic heterocycles. The van der Waals surface area contributed by atoms with Gasteiger partial charge in [-0.1, -0.05) is 33.8 Å². The Kier molecular flexibility index (Phi) is 3.83. The highest BCUT2D eigenvalue weighted by molar-refractivity contribution is 9.10. The first-order chi connectivity index (χ1) is 7.96. The summed E-state index contributed by atoms with van der Waals surface area (Å²) in [6, 6.07) is 6.29. The average Bonchev–Trinajstić information content (AvgIpc) is 2.22. The number of thioether (sulfide) groups is 1. The number of rotatable bonds is 1. The molecular weight excluding hydrogens is 296 g/mol. The monoisotopic (exact) mass is 312 g/mol. The van der Waals surface area contributed by atoms with Gasteiger partial charge in [0.25, 0.3) is 0 Å². The van der Waals surface area contributed by atoms with E-state index in [0.29, 0.717) is 0 Å². The number of aryl methyl sites for hydroxylation is 1. The van der Waals surface area contributed by atoms with E-state index in [4.69, 9.17) is 4.99 Å². The van der Waals surface area contributed by atoms with E-state index in [1.807, 2.05) is 0 Å². The maximum absolute atomic E-state index is 4.71. The van der Waals surface area contributed by atoms with Gasteiger partial charge in [-0.3, -0.25) is 4.99 Å². The molecule has 4 heteroatoms. The van der Waals surface area contributed by atoms with Crippen molar-refractivity contribution < 1.29 is 0 Å². The van der Waals surface area contributed by atoms with Gasteiger partial charge >= 0.3 is 0 Å². The zero-order valence-electron chi connectivity index (χ0n) is 10.4. The van der Waals surface area contributed by atoms with E-state index in [1.165, 1.54) is 5.56 Å². The highest BCUT2D eigenvalue weighted by atomic mass is 79.9. The van der Waals surface area contributed by atoms with Crippen LogP contribution < -0.4 is 5.32 Å². The molecule has 0 atom stereocenters. The molecule has 0 spiro atoms. The summed E-state index contributed by atoms with van der Waals surface area (Å²) in [6.45, 7) is 6.45. The summed E-state index contributed by atoms with van der Waals surface area (Å²) < 4.78 is 1.13. The molecule has 0 saturated heterocycles. The molecule has 1 aromatic carbocycles. The number of halogens is 1. The van der Waals surface area contributed by atoms with Crippen LogP contribution in [0, 0.1) is 6.92 Å². The molecule has 0 bridgehead atoms. The number of nitrogens with zero attached hydrogens (tertiary/aromatic N) is 1. The summed E-state index contributed by atoms with van der Waals surface area (Å²) in [6.07, 6.45) is 1.14. The minimum Gasteiger partial charge on any atom is -0.335 e. The number of benzene rings is 1. The molecular formula is C13H17BrN2S. The second kappa shape index (κ2) is 5.02. The fourth-order valence-corrected chi connectivity index (χ4v) is 3.29. The highest BCUT2D eigenvalue weighted by Crippen LogP contribution is 2.28. The van der Waals surface area contributed by atoms with Crippen LogP contribution in [0.1, 0.15) is 25.8 Å². The van der Waals surface area contributed by atoms with Gasteiger partial charge < -0.3 is 5.32 Å². The number of hydrogen-bond acceptors (Lipinski definition) is 3. The minimum atomic E-state index is 0.0650. The summed E-state index contributed by atoms with van der Waals surface area (Å²) in [4.78, 5) is 4.71. The lowest BCUT2D eigenvalue weighted by molar-refractivity contribution is 0.507. The molecule has 1 aromatic rings. The quantitative estimate of drug-likeness (QED) is 0.829. The van der Waals surface area contributed by atoms with Crippen molar-refractivity contribution in [2.24, 2.45) is 4.99 Å². The van der Waals surface area contributed by atoms with Crippen molar-refractivity contribution in [3.63, 3.8) is 0 Å². The maximum Gasteiger partial charge on any atom is 0.161 e. The van der Waals surface area contributed by atoms with Gasteiger partial charge in [0.2, 0.25) is 0 Å². The maximum atomic E-state index is 4.71. The van der Waals surface area contributed by atoms with Gasteiger partial charge in [0, 0.05) is 15.9 Å². The molecule has 17 heavy (non-hydrogen) atoms. The second-order valence-corrected chi connectivity index (χ2v) is 6.85. The molecule has 2 nitrogen and oxygen atoms in total. The first-order valence-electron chi connectivity index (χ1n) is 5.72. The zero-order chi connectivity index (χ0) is 12.5. The first-order valence-corrected chi connectivity index (χ1v) is 7.50. The summed E-state index contributed by atoms with van der Waals surface area (Å²) in [5.41, 5.74) is 2.40. The Morgan fingerprint density at radius 2 is 2.18 bits per heavy atom. The minimum absolute atomic E-state index is 0.0650. The molecule has 0 aromatic heterocycles. The fraction of sp³-hybridized carbons (Fsp3) is 0.462. The number of hydrogen-bond donors (Lipinski definition) is 1. The molecule has 1 N–H and O–H groups in total. The molecule has 0 amide bonds. The van der Waals surface area contributed by atoms with E-state index in [2.05, 4.69) is 60.2 Å². The largest absolute Gasteiger partial charge is 0.335 e. The number of anilines is 1. The Morgan fingerprint density at radius 1 is 1.41 bits per heavy atom. The van der Waals surface area contributed by atoms with Crippen LogP contribution in [0.15, 0.2) is 27.7 Å². The normalized spacial score (nSPS) is 18.7. The van der Waals surface area contributed by atoms with Crippen molar-refractivity contribution in [1.82, 2.24) is 0 Å². The standard InChI is InChI=1S/C13H17BrN2S/c1-9-4-5-10(8-11(9)14)15-12-16-13(2,3)6-7-17-12/h4-5,8H,6-7H2,1-3H3,(H,15,16). The van der Waals surface area contributed by atoms with Crippen molar-refractivity contribution in [1.29, 1.82) is 0 Å². The molecule has 0 fully saturated rings. The van der Waals surface area contributed by atoms with E-state index in [9.17, 15) is 0 Å². The van der Waals surface area contributed by atoms with Crippen molar-refractivity contribution >= 4 is 38.5 Å². The fourth-order valence-electron chi connectivity index (χ4n) is 1.62. The Labute approximate surface area is 115 Å². The molecule has 0 unspecified atom stereocenters. The average molecular weight is 313 g/mol. The van der Waals surface area contributed by atoms with Crippen molar-refractivity contribution in [2.45, 2.75) is 32.7 Å². The van der Waals surface area contributed by atoms with Crippen LogP contribution >= 0.6 is 27.7 Å². The zero-order valence-corrected chi connectivity index (χ0v) is 12.8. The van der Waals surface area contributed by atoms with Gasteiger partial charge in [0.05, 0.1) is 5.54 Å². The van der Waals surface area contributed by atoms with E-state index in [0.717, 1.165) is 27.5 Å². The van der Waals surface area contributed by atoms with E-state index >= 15 is 0 Å². The predicted molar refractivity (Wildman–Crippen MR) is 81.1 cm³/mol. The second-order valence-electron chi connectivity index (χ2n) is 4.92. The van der Waals surface area contributed by atoms with E-state index in [1.54, 1.807) is 11.8 Å². The van der Waals surface area contributed by atoms with Crippen LogP contribution in [0.5, 0.6) is 0 Å².